The van der Waals surface area contributed by atoms with Crippen molar-refractivity contribution in [2.24, 2.45) is 0 Å². The summed E-state index contributed by atoms with van der Waals surface area (Å²) in [6.07, 6.45) is 3.01. The van der Waals surface area contributed by atoms with Crippen LogP contribution in [0.4, 0.5) is 10.3 Å². The lowest BCUT2D eigenvalue weighted by molar-refractivity contribution is 0.628. The van der Waals surface area contributed by atoms with E-state index in [2.05, 4.69) is 9.97 Å². The lowest BCUT2D eigenvalue weighted by atomic mass is 10.1. The number of benzene rings is 1. The van der Waals surface area contributed by atoms with Gasteiger partial charge >= 0.3 is 0 Å². The average molecular weight is 229 g/mol. The van der Waals surface area contributed by atoms with Crippen molar-refractivity contribution >= 4 is 5.95 Å². The first-order chi connectivity index (χ1) is 8.24. The first-order valence-electron chi connectivity index (χ1n) is 5.65. The van der Waals surface area contributed by atoms with Crippen LogP contribution in [0.25, 0.3) is 11.3 Å². The molecule has 0 saturated heterocycles. The molecule has 1 aliphatic carbocycles. The van der Waals surface area contributed by atoms with E-state index >= 15 is 0 Å². The van der Waals surface area contributed by atoms with Crippen molar-refractivity contribution in [3.05, 3.63) is 41.3 Å². The summed E-state index contributed by atoms with van der Waals surface area (Å²) < 4.78 is 12.9. The molecule has 0 amide bonds. The van der Waals surface area contributed by atoms with Gasteiger partial charge in [-0.2, -0.15) is 0 Å². The zero-order valence-electron chi connectivity index (χ0n) is 9.28. The van der Waals surface area contributed by atoms with Crippen LogP contribution in [-0.4, -0.2) is 9.97 Å². The lowest BCUT2D eigenvalue weighted by Gasteiger charge is -2.08. The number of hydrogen-bond donors (Lipinski definition) is 1. The largest absolute Gasteiger partial charge is 0.368 e. The molecule has 3 nitrogen and oxygen atoms in total. The van der Waals surface area contributed by atoms with Crippen LogP contribution in [0.2, 0.25) is 0 Å². The Bertz CT molecular complexity index is 564. The Balaban J connectivity index is 2.17. The van der Waals surface area contributed by atoms with Crippen molar-refractivity contribution in [1.82, 2.24) is 9.97 Å². The van der Waals surface area contributed by atoms with E-state index in [-0.39, 0.29) is 5.82 Å². The number of fused-ring (bicyclic) bond motifs is 1. The van der Waals surface area contributed by atoms with Crippen LogP contribution in [0.1, 0.15) is 17.7 Å². The van der Waals surface area contributed by atoms with Crippen molar-refractivity contribution < 1.29 is 4.39 Å². The van der Waals surface area contributed by atoms with Crippen LogP contribution in [0.15, 0.2) is 24.3 Å². The molecule has 0 saturated carbocycles. The molecule has 3 rings (SSSR count). The average Bonchev–Trinajstić information content (AvgIpc) is 2.77. The topological polar surface area (TPSA) is 51.8 Å². The molecule has 1 aromatic carbocycles. The number of nitrogen functional groups attached to an aromatic ring is 1. The minimum Gasteiger partial charge on any atom is -0.368 e. The van der Waals surface area contributed by atoms with E-state index in [0.717, 1.165) is 41.8 Å². The summed E-state index contributed by atoms with van der Waals surface area (Å²) in [7, 11) is 0. The van der Waals surface area contributed by atoms with Gasteiger partial charge in [0.1, 0.15) is 5.82 Å². The smallest absolute Gasteiger partial charge is 0.220 e. The van der Waals surface area contributed by atoms with Crippen LogP contribution < -0.4 is 5.73 Å². The van der Waals surface area contributed by atoms with E-state index in [1.54, 1.807) is 12.1 Å². The lowest BCUT2D eigenvalue weighted by Crippen LogP contribution is -2.02. The molecule has 0 fully saturated rings. The number of aromatic nitrogens is 2. The van der Waals surface area contributed by atoms with Crippen LogP contribution in [-0.2, 0) is 12.8 Å². The van der Waals surface area contributed by atoms with Gasteiger partial charge < -0.3 is 5.73 Å². The fourth-order valence-electron chi connectivity index (χ4n) is 2.30. The SMILES string of the molecule is Nc1nc2c(c(-c3ccc(F)cc3)n1)CCC2. The minimum atomic E-state index is -0.243. The Labute approximate surface area is 98.5 Å². The summed E-state index contributed by atoms with van der Waals surface area (Å²) in [4.78, 5) is 8.54. The van der Waals surface area contributed by atoms with Gasteiger partial charge in [-0.15, -0.1) is 0 Å². The van der Waals surface area contributed by atoms with E-state index < -0.39 is 0 Å². The number of anilines is 1. The zero-order valence-corrected chi connectivity index (χ0v) is 9.28. The fourth-order valence-corrected chi connectivity index (χ4v) is 2.30. The van der Waals surface area contributed by atoms with E-state index in [0.29, 0.717) is 5.95 Å². The van der Waals surface area contributed by atoms with Gasteiger partial charge in [0.2, 0.25) is 5.95 Å². The zero-order chi connectivity index (χ0) is 11.8. The predicted octanol–water partition coefficient (Wildman–Crippen LogP) is 2.35. The summed E-state index contributed by atoms with van der Waals surface area (Å²) in [6, 6.07) is 6.34. The molecule has 17 heavy (non-hydrogen) atoms. The van der Waals surface area contributed by atoms with Gasteiger partial charge in [0.25, 0.3) is 0 Å². The van der Waals surface area contributed by atoms with Gasteiger partial charge in [-0.3, -0.25) is 0 Å². The molecular formula is C13H12FN3. The molecule has 1 aromatic heterocycles. The van der Waals surface area contributed by atoms with Crippen molar-refractivity contribution in [3.63, 3.8) is 0 Å². The summed E-state index contributed by atoms with van der Waals surface area (Å²) in [5.74, 6) is 0.0531. The number of rotatable bonds is 1. The third-order valence-electron chi connectivity index (χ3n) is 3.07. The Morgan fingerprint density at radius 2 is 1.82 bits per heavy atom. The fraction of sp³-hybridized carbons (Fsp3) is 0.231. The quantitative estimate of drug-likeness (QED) is 0.816. The number of nitrogens with zero attached hydrogens (tertiary/aromatic N) is 2. The standard InChI is InChI=1S/C13H12FN3/c14-9-6-4-8(5-7-9)12-10-2-1-3-11(10)16-13(15)17-12/h4-7H,1-3H2,(H2,15,16,17). The Morgan fingerprint density at radius 3 is 2.59 bits per heavy atom. The molecule has 1 heterocycles. The van der Waals surface area contributed by atoms with Gasteiger partial charge in [0, 0.05) is 16.8 Å². The second kappa shape index (κ2) is 3.80. The van der Waals surface area contributed by atoms with E-state index in [4.69, 9.17) is 5.73 Å². The molecule has 2 aromatic rings. The first kappa shape index (κ1) is 10.2. The van der Waals surface area contributed by atoms with Gasteiger partial charge in [0.15, 0.2) is 0 Å². The number of nitrogens with two attached hydrogens (primary N) is 1. The summed E-state index contributed by atoms with van der Waals surface area (Å²) >= 11 is 0. The second-order valence-corrected chi connectivity index (χ2v) is 4.22. The molecule has 0 radical (unpaired) electrons. The Hall–Kier alpha value is -1.97. The van der Waals surface area contributed by atoms with Gasteiger partial charge in [-0.05, 0) is 43.5 Å². The molecule has 0 bridgehead atoms. The molecule has 4 heteroatoms. The highest BCUT2D eigenvalue weighted by Crippen LogP contribution is 2.30. The molecule has 0 atom stereocenters. The maximum atomic E-state index is 12.9. The van der Waals surface area contributed by atoms with Gasteiger partial charge in [-0.1, -0.05) is 0 Å². The summed E-state index contributed by atoms with van der Waals surface area (Å²) in [6.45, 7) is 0. The summed E-state index contributed by atoms with van der Waals surface area (Å²) in [5, 5.41) is 0. The molecule has 0 spiro atoms. The van der Waals surface area contributed by atoms with E-state index in [9.17, 15) is 4.39 Å². The van der Waals surface area contributed by atoms with Crippen LogP contribution in [0.3, 0.4) is 0 Å². The Morgan fingerprint density at radius 1 is 1.06 bits per heavy atom. The molecular weight excluding hydrogens is 217 g/mol. The molecule has 0 unspecified atom stereocenters. The highest BCUT2D eigenvalue weighted by Gasteiger charge is 2.19. The number of hydrogen-bond acceptors (Lipinski definition) is 3. The monoisotopic (exact) mass is 229 g/mol. The summed E-state index contributed by atoms with van der Waals surface area (Å²) in [5.41, 5.74) is 9.65. The maximum Gasteiger partial charge on any atom is 0.220 e. The first-order valence-corrected chi connectivity index (χ1v) is 5.65. The highest BCUT2D eigenvalue weighted by atomic mass is 19.1. The molecule has 1 aliphatic rings. The third kappa shape index (κ3) is 1.75. The van der Waals surface area contributed by atoms with Gasteiger partial charge in [-0.25, -0.2) is 14.4 Å². The van der Waals surface area contributed by atoms with E-state index in [1.165, 1.54) is 12.1 Å². The van der Waals surface area contributed by atoms with Crippen molar-refractivity contribution in [2.75, 3.05) is 5.73 Å². The molecule has 86 valence electrons. The number of aryl methyl sites for hydroxylation is 1. The second-order valence-electron chi connectivity index (χ2n) is 4.22. The third-order valence-corrected chi connectivity index (χ3v) is 3.07. The highest BCUT2D eigenvalue weighted by molar-refractivity contribution is 5.65. The van der Waals surface area contributed by atoms with E-state index in [1.807, 2.05) is 0 Å². The van der Waals surface area contributed by atoms with Crippen LogP contribution >= 0.6 is 0 Å². The van der Waals surface area contributed by atoms with Gasteiger partial charge in [0.05, 0.1) is 5.69 Å². The van der Waals surface area contributed by atoms with Crippen molar-refractivity contribution in [2.45, 2.75) is 19.3 Å². The number of halogens is 1. The maximum absolute atomic E-state index is 12.9. The minimum absolute atomic E-state index is 0.243. The van der Waals surface area contributed by atoms with Crippen LogP contribution in [0.5, 0.6) is 0 Å². The molecule has 0 aliphatic heterocycles. The van der Waals surface area contributed by atoms with Crippen molar-refractivity contribution in [1.29, 1.82) is 0 Å². The normalized spacial score (nSPS) is 13.7. The predicted molar refractivity (Wildman–Crippen MR) is 63.9 cm³/mol. The van der Waals surface area contributed by atoms with Crippen molar-refractivity contribution in [3.8, 4) is 11.3 Å². The molecule has 2 N–H and O–H groups in total. The van der Waals surface area contributed by atoms with Crippen LogP contribution in [0, 0.1) is 5.82 Å². The Kier molecular flexibility index (Phi) is 2.28.